The van der Waals surface area contributed by atoms with Crippen LogP contribution < -0.4 is 5.32 Å². The van der Waals surface area contributed by atoms with Crippen LogP contribution in [0.2, 0.25) is 0 Å². The molecule has 0 spiro atoms. The molecule has 1 saturated heterocycles. The molecule has 1 aromatic heterocycles. The second-order valence-corrected chi connectivity index (χ2v) is 7.92. The van der Waals surface area contributed by atoms with Gasteiger partial charge in [-0.25, -0.2) is 0 Å². The van der Waals surface area contributed by atoms with Gasteiger partial charge in [0.1, 0.15) is 6.04 Å². The molecular weight excluding hydrogens is 356 g/mol. The van der Waals surface area contributed by atoms with Gasteiger partial charge in [-0.1, -0.05) is 42.5 Å². The molecule has 4 nitrogen and oxygen atoms in total. The Morgan fingerprint density at radius 2 is 1.93 bits per heavy atom. The summed E-state index contributed by atoms with van der Waals surface area (Å²) in [7, 11) is 0. The molecule has 2 aromatic carbocycles. The molecule has 27 heavy (non-hydrogen) atoms. The summed E-state index contributed by atoms with van der Waals surface area (Å²) in [5, 5.41) is 7.33. The highest BCUT2D eigenvalue weighted by atomic mass is 32.1. The second kappa shape index (κ2) is 7.53. The average molecular weight is 378 g/mol. The lowest BCUT2D eigenvalue weighted by Crippen LogP contribution is -2.46. The van der Waals surface area contributed by atoms with Crippen LogP contribution >= 0.6 is 11.3 Å². The van der Waals surface area contributed by atoms with E-state index in [2.05, 4.69) is 35.6 Å². The van der Waals surface area contributed by atoms with Gasteiger partial charge >= 0.3 is 0 Å². The van der Waals surface area contributed by atoms with Gasteiger partial charge in [-0.2, -0.15) is 0 Å². The number of rotatable bonds is 4. The van der Waals surface area contributed by atoms with E-state index in [0.29, 0.717) is 17.8 Å². The lowest BCUT2D eigenvalue weighted by atomic mass is 10.0. The van der Waals surface area contributed by atoms with E-state index in [0.717, 1.165) is 17.4 Å². The largest absolute Gasteiger partial charge is 0.348 e. The van der Waals surface area contributed by atoms with Crippen LogP contribution in [0.15, 0.2) is 60.0 Å². The Labute approximate surface area is 162 Å². The Morgan fingerprint density at radius 1 is 1.11 bits per heavy atom. The van der Waals surface area contributed by atoms with Crippen molar-refractivity contribution >= 4 is 33.9 Å². The number of hydrogen-bond acceptors (Lipinski definition) is 3. The number of thiophene rings is 1. The van der Waals surface area contributed by atoms with Crippen LogP contribution in [0.25, 0.3) is 10.8 Å². The van der Waals surface area contributed by atoms with E-state index >= 15 is 0 Å². The van der Waals surface area contributed by atoms with Crippen molar-refractivity contribution in [3.8, 4) is 0 Å². The summed E-state index contributed by atoms with van der Waals surface area (Å²) in [5.41, 5.74) is 1.07. The zero-order valence-corrected chi connectivity index (χ0v) is 16.0. The van der Waals surface area contributed by atoms with E-state index < -0.39 is 0 Å². The molecule has 3 aromatic rings. The molecule has 138 valence electrons. The van der Waals surface area contributed by atoms with Crippen LogP contribution in [0, 0.1) is 0 Å². The molecule has 0 unspecified atom stereocenters. The van der Waals surface area contributed by atoms with Crippen LogP contribution in [0.5, 0.6) is 0 Å². The predicted molar refractivity (Wildman–Crippen MR) is 109 cm³/mol. The van der Waals surface area contributed by atoms with Gasteiger partial charge in [0.15, 0.2) is 0 Å². The van der Waals surface area contributed by atoms with Crippen molar-refractivity contribution in [2.45, 2.75) is 31.8 Å². The van der Waals surface area contributed by atoms with Crippen molar-refractivity contribution in [3.63, 3.8) is 0 Å². The van der Waals surface area contributed by atoms with E-state index in [4.69, 9.17) is 0 Å². The summed E-state index contributed by atoms with van der Waals surface area (Å²) in [5.74, 6) is -0.112. The SMILES string of the molecule is C[C@@H](NC(=O)[C@H]1CCCN1C(=O)c1cccs1)c1ccc2ccccc2c1. The number of benzene rings is 2. The molecule has 1 aliphatic rings. The minimum Gasteiger partial charge on any atom is -0.348 e. The van der Waals surface area contributed by atoms with Gasteiger partial charge in [0.2, 0.25) is 5.91 Å². The highest BCUT2D eigenvalue weighted by Gasteiger charge is 2.35. The third kappa shape index (κ3) is 3.60. The van der Waals surface area contributed by atoms with E-state index in [1.807, 2.05) is 36.6 Å². The molecular formula is C22H22N2O2S. The smallest absolute Gasteiger partial charge is 0.264 e. The van der Waals surface area contributed by atoms with Gasteiger partial charge in [0.25, 0.3) is 5.91 Å². The minimum absolute atomic E-state index is 0.0407. The number of amides is 2. The minimum atomic E-state index is -0.387. The normalized spacial score (nSPS) is 17.8. The lowest BCUT2D eigenvalue weighted by molar-refractivity contribution is -0.125. The van der Waals surface area contributed by atoms with Crippen molar-refractivity contribution < 1.29 is 9.59 Å². The summed E-state index contributed by atoms with van der Waals surface area (Å²) >= 11 is 1.42. The monoisotopic (exact) mass is 378 g/mol. The third-order valence-corrected chi connectivity index (χ3v) is 6.04. The van der Waals surface area contributed by atoms with Crippen LogP contribution in [-0.4, -0.2) is 29.3 Å². The molecule has 1 aliphatic heterocycles. The standard InChI is InChI=1S/C22H22N2O2S/c1-15(17-11-10-16-6-2-3-7-18(16)14-17)23-21(25)19-8-4-12-24(19)22(26)20-9-5-13-27-20/h2-3,5-7,9-11,13-15,19H,4,8,12H2,1H3,(H,23,25)/t15-,19-/m1/s1. The Balaban J connectivity index is 1.47. The second-order valence-electron chi connectivity index (χ2n) is 6.97. The number of nitrogens with one attached hydrogen (secondary N) is 1. The average Bonchev–Trinajstić information content (AvgIpc) is 3.39. The van der Waals surface area contributed by atoms with Crippen molar-refractivity contribution in [2.75, 3.05) is 6.54 Å². The fourth-order valence-electron chi connectivity index (χ4n) is 3.69. The summed E-state index contributed by atoms with van der Waals surface area (Å²) in [6, 6.07) is 17.6. The molecule has 0 radical (unpaired) electrons. The predicted octanol–water partition coefficient (Wildman–Crippen LogP) is 4.38. The van der Waals surface area contributed by atoms with E-state index in [1.54, 1.807) is 4.90 Å². The van der Waals surface area contributed by atoms with Crippen LogP contribution in [-0.2, 0) is 4.79 Å². The van der Waals surface area contributed by atoms with Crippen molar-refractivity contribution in [2.24, 2.45) is 0 Å². The Morgan fingerprint density at radius 3 is 2.70 bits per heavy atom. The zero-order valence-electron chi connectivity index (χ0n) is 15.2. The first-order valence-corrected chi connectivity index (χ1v) is 10.1. The third-order valence-electron chi connectivity index (χ3n) is 5.18. The van der Waals surface area contributed by atoms with Gasteiger partial charge in [-0.15, -0.1) is 11.3 Å². The van der Waals surface area contributed by atoms with Gasteiger partial charge in [-0.05, 0) is 53.6 Å². The number of carbonyl (C=O) groups is 2. The quantitative estimate of drug-likeness (QED) is 0.732. The highest BCUT2D eigenvalue weighted by molar-refractivity contribution is 7.12. The zero-order chi connectivity index (χ0) is 18.8. The number of likely N-dealkylation sites (tertiary alicyclic amines) is 1. The summed E-state index contributed by atoms with van der Waals surface area (Å²) < 4.78 is 0. The number of carbonyl (C=O) groups excluding carboxylic acids is 2. The molecule has 1 fully saturated rings. The van der Waals surface area contributed by atoms with Crippen molar-refractivity contribution in [1.29, 1.82) is 0 Å². The topological polar surface area (TPSA) is 49.4 Å². The van der Waals surface area contributed by atoms with Crippen LogP contribution in [0.1, 0.15) is 41.0 Å². The fraction of sp³-hybridized carbons (Fsp3) is 0.273. The van der Waals surface area contributed by atoms with E-state index in [9.17, 15) is 9.59 Å². The van der Waals surface area contributed by atoms with Crippen molar-refractivity contribution in [3.05, 3.63) is 70.4 Å². The maximum atomic E-state index is 12.9. The van der Waals surface area contributed by atoms with E-state index in [-0.39, 0.29) is 23.9 Å². The van der Waals surface area contributed by atoms with Crippen LogP contribution in [0.3, 0.4) is 0 Å². The molecule has 2 amide bonds. The molecule has 0 bridgehead atoms. The lowest BCUT2D eigenvalue weighted by Gasteiger charge is -2.25. The first kappa shape index (κ1) is 17.7. The maximum absolute atomic E-state index is 12.9. The molecule has 4 rings (SSSR count). The first-order chi connectivity index (χ1) is 13.1. The Kier molecular flexibility index (Phi) is 4.94. The Hall–Kier alpha value is -2.66. The first-order valence-electron chi connectivity index (χ1n) is 9.27. The molecule has 5 heteroatoms. The number of hydrogen-bond donors (Lipinski definition) is 1. The van der Waals surface area contributed by atoms with Gasteiger partial charge in [0, 0.05) is 6.54 Å². The van der Waals surface area contributed by atoms with E-state index in [1.165, 1.54) is 16.7 Å². The van der Waals surface area contributed by atoms with Crippen LogP contribution in [0.4, 0.5) is 0 Å². The summed E-state index contributed by atoms with van der Waals surface area (Å²) in [4.78, 5) is 28.0. The molecule has 0 aliphatic carbocycles. The van der Waals surface area contributed by atoms with Gasteiger partial charge < -0.3 is 10.2 Å². The Bertz CT molecular complexity index is 967. The molecule has 1 N–H and O–H groups in total. The van der Waals surface area contributed by atoms with Crippen molar-refractivity contribution in [1.82, 2.24) is 10.2 Å². The summed E-state index contributed by atoms with van der Waals surface area (Å²) in [6.07, 6.45) is 1.58. The number of nitrogens with zero attached hydrogens (tertiary/aromatic N) is 1. The molecule has 2 heterocycles. The number of fused-ring (bicyclic) bond motifs is 1. The molecule has 0 saturated carbocycles. The summed E-state index contributed by atoms with van der Waals surface area (Å²) in [6.45, 7) is 2.63. The molecule has 2 atom stereocenters. The van der Waals surface area contributed by atoms with Gasteiger partial charge in [0.05, 0.1) is 10.9 Å². The fourth-order valence-corrected chi connectivity index (χ4v) is 4.37. The highest BCUT2D eigenvalue weighted by Crippen LogP contribution is 2.24. The maximum Gasteiger partial charge on any atom is 0.264 e. The van der Waals surface area contributed by atoms with Gasteiger partial charge in [-0.3, -0.25) is 9.59 Å².